The summed E-state index contributed by atoms with van der Waals surface area (Å²) in [5.41, 5.74) is 4.61. The van der Waals surface area contributed by atoms with E-state index in [0.29, 0.717) is 0 Å². The van der Waals surface area contributed by atoms with Gasteiger partial charge in [0.05, 0.1) is 0 Å². The van der Waals surface area contributed by atoms with Crippen molar-refractivity contribution in [1.82, 2.24) is 4.90 Å². The molecule has 0 fully saturated rings. The van der Waals surface area contributed by atoms with Crippen LogP contribution >= 0.6 is 0 Å². The molecular formula is C25H35AuN5S2-2. The summed E-state index contributed by atoms with van der Waals surface area (Å²) in [6.07, 6.45) is 5.75. The average Bonchev–Trinajstić information content (AvgIpc) is 2.77. The maximum atomic E-state index is 5.33. The van der Waals surface area contributed by atoms with Gasteiger partial charge < -0.3 is 40.0 Å². The largest absolute Gasteiger partial charge is 0.800 e. The van der Waals surface area contributed by atoms with Crippen molar-refractivity contribution in [2.75, 3.05) is 64.2 Å². The third kappa shape index (κ3) is 11.7. The van der Waals surface area contributed by atoms with E-state index in [1.165, 1.54) is 11.4 Å². The molecule has 2 rings (SSSR count). The zero-order chi connectivity index (χ0) is 23.3. The first kappa shape index (κ1) is 29.8. The molecular weight excluding hydrogens is 631 g/mol. The van der Waals surface area contributed by atoms with E-state index < -0.39 is 0 Å². The van der Waals surface area contributed by atoms with Crippen LogP contribution in [0.3, 0.4) is 0 Å². The molecule has 8 heteroatoms. The van der Waals surface area contributed by atoms with Gasteiger partial charge in [0.15, 0.2) is 0 Å². The summed E-state index contributed by atoms with van der Waals surface area (Å²) in [6.45, 7) is 3.27. The summed E-state index contributed by atoms with van der Waals surface area (Å²) in [5, 5.41) is 0. The molecule has 0 saturated carbocycles. The van der Waals surface area contributed by atoms with E-state index in [1.807, 2.05) is 40.6 Å². The Morgan fingerprint density at radius 2 is 1.06 bits per heavy atom. The number of hydrogen-bond acceptors (Lipinski definition) is 7. The van der Waals surface area contributed by atoms with E-state index in [0.717, 1.165) is 50.1 Å². The van der Waals surface area contributed by atoms with Gasteiger partial charge in [-0.25, -0.2) is 4.71 Å². The quantitative estimate of drug-likeness (QED) is 0.141. The Kier molecular flexibility index (Phi) is 14.8. The molecule has 1 radical (unpaired) electrons. The van der Waals surface area contributed by atoms with Crippen molar-refractivity contribution in [2.45, 2.75) is 17.5 Å². The summed E-state index contributed by atoms with van der Waals surface area (Å²) < 4.78 is -0.292. The van der Waals surface area contributed by atoms with Gasteiger partial charge in [0, 0.05) is 87.5 Å². The van der Waals surface area contributed by atoms with E-state index >= 15 is 0 Å². The Morgan fingerprint density at radius 1 is 0.697 bits per heavy atom. The number of aliphatic imine (C=N–C) groups is 2. The van der Waals surface area contributed by atoms with E-state index in [9.17, 15) is 0 Å². The van der Waals surface area contributed by atoms with Crippen LogP contribution in [0.4, 0.5) is 11.4 Å². The molecule has 0 unspecified atom stereocenters. The topological polar surface area (TPSA) is 34.4 Å². The fourth-order valence-corrected chi connectivity index (χ4v) is 3.53. The second-order valence-electron chi connectivity index (χ2n) is 8.09. The maximum absolute atomic E-state index is 5.33. The minimum absolute atomic E-state index is 0. The van der Waals surface area contributed by atoms with Gasteiger partial charge in [-0.2, -0.15) is 0 Å². The average molecular weight is 667 g/mol. The molecule has 0 aliphatic carbocycles. The zero-order valence-electron chi connectivity index (χ0n) is 19.9. The first-order chi connectivity index (χ1) is 15.4. The first-order valence-electron chi connectivity index (χ1n) is 11.0. The number of anilines is 2. The SMILES string of the molecule is CN(C)c1ccc(C=NCCCN(CCCN=Cc2ccc(N(C)C)cc2)C([S-])[S-])cc1.[Au]. The summed E-state index contributed by atoms with van der Waals surface area (Å²) in [6, 6.07) is 16.8. The Morgan fingerprint density at radius 3 is 1.36 bits per heavy atom. The first-order valence-corrected chi connectivity index (χ1v) is 11.9. The normalized spacial score (nSPS) is 11.5. The number of benzene rings is 2. The maximum Gasteiger partial charge on any atom is 0.0401 e. The van der Waals surface area contributed by atoms with E-state index in [4.69, 9.17) is 25.3 Å². The van der Waals surface area contributed by atoms with Crippen molar-refractivity contribution in [3.8, 4) is 0 Å². The standard InChI is InChI=1S/C25H37N5S2.Au/c1-28(2)23-11-7-21(8-12-23)19-26-15-5-17-30(25(31)32)18-6-16-27-20-22-9-13-24(14-10-22)29(3)4;/h7-14,19-20,25,31-32H,5-6,15-18H2,1-4H3;/p-2. The minimum atomic E-state index is -0.292. The van der Waals surface area contributed by atoms with Gasteiger partial charge in [-0.15, -0.1) is 0 Å². The van der Waals surface area contributed by atoms with Crippen molar-refractivity contribution in [3.63, 3.8) is 0 Å². The van der Waals surface area contributed by atoms with E-state index in [2.05, 4.69) is 73.2 Å². The van der Waals surface area contributed by atoms with Crippen LogP contribution < -0.4 is 9.80 Å². The Hall–Kier alpha value is -1.22. The molecule has 0 aliphatic rings. The molecule has 0 N–H and O–H groups in total. The molecule has 0 saturated heterocycles. The van der Waals surface area contributed by atoms with Gasteiger partial charge in [0.25, 0.3) is 0 Å². The van der Waals surface area contributed by atoms with Crippen molar-refractivity contribution >= 4 is 49.1 Å². The van der Waals surface area contributed by atoms with E-state index in [1.54, 1.807) is 0 Å². The molecule has 2 aromatic rings. The van der Waals surface area contributed by atoms with Crippen LogP contribution in [0.1, 0.15) is 24.0 Å². The molecule has 0 aliphatic heterocycles. The zero-order valence-corrected chi connectivity index (χ0v) is 23.7. The van der Waals surface area contributed by atoms with Crippen LogP contribution in [-0.4, -0.2) is 76.4 Å². The summed E-state index contributed by atoms with van der Waals surface area (Å²) in [7, 11) is 8.15. The third-order valence-corrected chi connectivity index (χ3v) is 5.66. The third-order valence-electron chi connectivity index (χ3n) is 5.06. The van der Waals surface area contributed by atoms with Gasteiger partial charge in [-0.1, -0.05) is 24.3 Å². The molecule has 0 spiro atoms. The molecule has 0 bridgehead atoms. The molecule has 33 heavy (non-hydrogen) atoms. The smallest absolute Gasteiger partial charge is 0.0401 e. The van der Waals surface area contributed by atoms with E-state index in [-0.39, 0.29) is 27.1 Å². The van der Waals surface area contributed by atoms with Crippen LogP contribution in [0.25, 0.3) is 0 Å². The summed E-state index contributed by atoms with van der Waals surface area (Å²) in [4.78, 5) is 15.4. The number of nitrogens with zero attached hydrogens (tertiary/aromatic N) is 5. The molecule has 2 aromatic carbocycles. The van der Waals surface area contributed by atoms with Gasteiger partial charge in [0.2, 0.25) is 0 Å². The molecule has 5 nitrogen and oxygen atoms in total. The Labute approximate surface area is 226 Å². The number of hydrogen-bond donors (Lipinski definition) is 0. The second kappa shape index (κ2) is 16.4. The van der Waals surface area contributed by atoms with Crippen LogP contribution in [0.2, 0.25) is 0 Å². The van der Waals surface area contributed by atoms with Gasteiger partial charge in [-0.05, 0) is 61.3 Å². The molecule has 0 aromatic heterocycles. The fourth-order valence-electron chi connectivity index (χ4n) is 3.11. The predicted octanol–water partition coefficient (Wildman–Crippen LogP) is 3.81. The second-order valence-corrected chi connectivity index (χ2v) is 9.28. The van der Waals surface area contributed by atoms with Crippen molar-refractivity contribution in [1.29, 1.82) is 0 Å². The van der Waals surface area contributed by atoms with Crippen molar-refractivity contribution in [2.24, 2.45) is 9.98 Å². The monoisotopic (exact) mass is 666 g/mol. The molecule has 0 amide bonds. The van der Waals surface area contributed by atoms with Crippen molar-refractivity contribution in [3.05, 3.63) is 59.7 Å². The molecule has 185 valence electrons. The Bertz CT molecular complexity index is 769. The minimum Gasteiger partial charge on any atom is -0.800 e. The summed E-state index contributed by atoms with van der Waals surface area (Å²) >= 11 is 10.7. The molecule has 0 heterocycles. The predicted molar refractivity (Wildman–Crippen MR) is 146 cm³/mol. The van der Waals surface area contributed by atoms with Crippen LogP contribution in [0, 0.1) is 0 Å². The van der Waals surface area contributed by atoms with Gasteiger partial charge in [0.1, 0.15) is 0 Å². The van der Waals surface area contributed by atoms with Crippen LogP contribution in [0.15, 0.2) is 58.5 Å². The fraction of sp³-hybridized carbons (Fsp3) is 0.440. The van der Waals surface area contributed by atoms with Crippen molar-refractivity contribution < 1.29 is 22.4 Å². The van der Waals surface area contributed by atoms with Crippen LogP contribution in [-0.2, 0) is 47.6 Å². The molecule has 0 atom stereocenters. The van der Waals surface area contributed by atoms with Gasteiger partial charge in [-0.3, -0.25) is 9.98 Å². The Balaban J connectivity index is 0.00000544. The summed E-state index contributed by atoms with van der Waals surface area (Å²) in [5.74, 6) is 0. The van der Waals surface area contributed by atoms with Crippen LogP contribution in [0.5, 0.6) is 0 Å². The number of rotatable bonds is 13. The van der Waals surface area contributed by atoms with Gasteiger partial charge >= 0.3 is 0 Å².